The van der Waals surface area contributed by atoms with Gasteiger partial charge in [0.15, 0.2) is 0 Å². The Morgan fingerprint density at radius 3 is 2.50 bits per heavy atom. The van der Waals surface area contributed by atoms with Crippen LogP contribution in [0.2, 0.25) is 0 Å². The standard InChI is InChI=1S/C19H22N2O4S/c1-15(22)20-17-7-9-19(10-8-17)26(23,24)21-11-12-25-18(14-21)13-16-5-3-2-4-6-16/h2-10,18H,11-14H2,1H3,(H,20,22)/t18-/m0/s1. The molecule has 0 aliphatic carbocycles. The van der Waals surface area contributed by atoms with Crippen molar-refractivity contribution in [3.8, 4) is 0 Å². The van der Waals surface area contributed by atoms with Gasteiger partial charge in [0, 0.05) is 25.7 Å². The average Bonchev–Trinajstić information content (AvgIpc) is 2.63. The van der Waals surface area contributed by atoms with E-state index in [4.69, 9.17) is 4.74 Å². The molecule has 0 unspecified atom stereocenters. The average molecular weight is 374 g/mol. The lowest BCUT2D eigenvalue weighted by Crippen LogP contribution is -2.46. The van der Waals surface area contributed by atoms with Crippen LogP contribution in [-0.4, -0.2) is 44.4 Å². The van der Waals surface area contributed by atoms with Gasteiger partial charge in [0.1, 0.15) is 0 Å². The molecule has 0 saturated carbocycles. The van der Waals surface area contributed by atoms with Crippen molar-refractivity contribution in [1.29, 1.82) is 0 Å². The van der Waals surface area contributed by atoms with Crippen LogP contribution in [0.15, 0.2) is 59.5 Å². The molecule has 2 aromatic carbocycles. The Morgan fingerprint density at radius 2 is 1.85 bits per heavy atom. The van der Waals surface area contributed by atoms with Crippen LogP contribution in [0.3, 0.4) is 0 Å². The van der Waals surface area contributed by atoms with Crippen LogP contribution in [0.5, 0.6) is 0 Å². The summed E-state index contributed by atoms with van der Waals surface area (Å²) in [7, 11) is -3.59. The molecule has 3 rings (SSSR count). The minimum absolute atomic E-state index is 0.167. The second-order valence-corrected chi connectivity index (χ2v) is 8.19. The van der Waals surface area contributed by atoms with E-state index in [0.717, 1.165) is 5.56 Å². The van der Waals surface area contributed by atoms with Gasteiger partial charge in [-0.15, -0.1) is 0 Å². The molecule has 0 aromatic heterocycles. The summed E-state index contributed by atoms with van der Waals surface area (Å²) in [6, 6.07) is 16.1. The van der Waals surface area contributed by atoms with Gasteiger partial charge in [-0.05, 0) is 36.2 Å². The van der Waals surface area contributed by atoms with Crippen molar-refractivity contribution >= 4 is 21.6 Å². The number of amides is 1. The van der Waals surface area contributed by atoms with E-state index in [1.54, 1.807) is 12.1 Å². The highest BCUT2D eigenvalue weighted by molar-refractivity contribution is 7.89. The lowest BCUT2D eigenvalue weighted by atomic mass is 10.1. The van der Waals surface area contributed by atoms with Gasteiger partial charge in [-0.1, -0.05) is 30.3 Å². The molecular formula is C19H22N2O4S. The van der Waals surface area contributed by atoms with Crippen molar-refractivity contribution in [3.05, 3.63) is 60.2 Å². The van der Waals surface area contributed by atoms with Gasteiger partial charge < -0.3 is 10.1 Å². The highest BCUT2D eigenvalue weighted by Crippen LogP contribution is 2.22. The van der Waals surface area contributed by atoms with Crippen molar-refractivity contribution in [1.82, 2.24) is 4.31 Å². The zero-order valence-corrected chi connectivity index (χ0v) is 15.4. The molecule has 1 heterocycles. The normalized spacial score (nSPS) is 18.4. The molecule has 7 heteroatoms. The molecule has 1 N–H and O–H groups in total. The number of nitrogens with one attached hydrogen (secondary N) is 1. The number of benzene rings is 2. The summed E-state index contributed by atoms with van der Waals surface area (Å²) in [6.07, 6.45) is 0.508. The fraction of sp³-hybridized carbons (Fsp3) is 0.316. The van der Waals surface area contributed by atoms with Crippen LogP contribution in [-0.2, 0) is 26.0 Å². The number of ether oxygens (including phenoxy) is 1. The van der Waals surface area contributed by atoms with Gasteiger partial charge in [-0.25, -0.2) is 8.42 Å². The minimum atomic E-state index is -3.59. The molecular weight excluding hydrogens is 352 g/mol. The van der Waals surface area contributed by atoms with Gasteiger partial charge in [-0.3, -0.25) is 4.79 Å². The lowest BCUT2D eigenvalue weighted by molar-refractivity contribution is -0.114. The van der Waals surface area contributed by atoms with Crippen molar-refractivity contribution in [3.63, 3.8) is 0 Å². The number of anilines is 1. The molecule has 2 aromatic rings. The maximum absolute atomic E-state index is 12.9. The first-order valence-electron chi connectivity index (χ1n) is 8.48. The summed E-state index contributed by atoms with van der Waals surface area (Å²) < 4.78 is 33.0. The van der Waals surface area contributed by atoms with Crippen LogP contribution in [0.25, 0.3) is 0 Å². The third-order valence-corrected chi connectivity index (χ3v) is 6.10. The fourth-order valence-electron chi connectivity index (χ4n) is 2.97. The third kappa shape index (κ3) is 4.49. The highest BCUT2D eigenvalue weighted by Gasteiger charge is 2.30. The summed E-state index contributed by atoms with van der Waals surface area (Å²) in [6.45, 7) is 2.44. The van der Waals surface area contributed by atoms with Crippen LogP contribution < -0.4 is 5.32 Å². The smallest absolute Gasteiger partial charge is 0.243 e. The zero-order chi connectivity index (χ0) is 18.6. The molecule has 0 radical (unpaired) electrons. The van der Waals surface area contributed by atoms with E-state index in [1.807, 2.05) is 30.3 Å². The molecule has 6 nitrogen and oxygen atoms in total. The van der Waals surface area contributed by atoms with Gasteiger partial charge in [0.25, 0.3) is 0 Å². The molecule has 0 bridgehead atoms. The predicted octanol–water partition coefficient (Wildman–Crippen LogP) is 2.28. The molecule has 0 spiro atoms. The molecule has 1 saturated heterocycles. The Balaban J connectivity index is 1.71. The zero-order valence-electron chi connectivity index (χ0n) is 14.6. The highest BCUT2D eigenvalue weighted by atomic mass is 32.2. The largest absolute Gasteiger partial charge is 0.375 e. The monoisotopic (exact) mass is 374 g/mol. The number of hydrogen-bond acceptors (Lipinski definition) is 4. The topological polar surface area (TPSA) is 75.7 Å². The second kappa shape index (κ2) is 7.99. The molecule has 1 aliphatic heterocycles. The second-order valence-electron chi connectivity index (χ2n) is 6.25. The number of carbonyl (C=O) groups is 1. The summed E-state index contributed by atoms with van der Waals surface area (Å²) in [4.78, 5) is 11.3. The summed E-state index contributed by atoms with van der Waals surface area (Å²) in [5, 5.41) is 2.63. The Morgan fingerprint density at radius 1 is 1.15 bits per heavy atom. The van der Waals surface area contributed by atoms with Crippen molar-refractivity contribution in [2.45, 2.75) is 24.3 Å². The third-order valence-electron chi connectivity index (χ3n) is 4.22. The van der Waals surface area contributed by atoms with Crippen molar-refractivity contribution in [2.75, 3.05) is 25.0 Å². The Labute approximate surface area is 153 Å². The lowest BCUT2D eigenvalue weighted by Gasteiger charge is -2.32. The first-order chi connectivity index (χ1) is 12.4. The van der Waals surface area contributed by atoms with E-state index in [2.05, 4.69) is 5.32 Å². The van der Waals surface area contributed by atoms with Crippen molar-refractivity contribution in [2.24, 2.45) is 0 Å². The number of carbonyl (C=O) groups excluding carboxylic acids is 1. The van der Waals surface area contributed by atoms with Crippen LogP contribution in [0.1, 0.15) is 12.5 Å². The molecule has 1 fully saturated rings. The van der Waals surface area contributed by atoms with Gasteiger partial charge in [0.05, 0.1) is 17.6 Å². The Bertz CT molecular complexity index is 851. The van der Waals surface area contributed by atoms with E-state index in [-0.39, 0.29) is 16.9 Å². The predicted molar refractivity (Wildman–Crippen MR) is 99.4 cm³/mol. The molecule has 1 aliphatic rings. The molecule has 138 valence electrons. The summed E-state index contributed by atoms with van der Waals surface area (Å²) in [5.41, 5.74) is 1.69. The fourth-order valence-corrected chi connectivity index (χ4v) is 4.43. The molecule has 1 amide bonds. The first-order valence-corrected chi connectivity index (χ1v) is 9.92. The maximum Gasteiger partial charge on any atom is 0.243 e. The first kappa shape index (κ1) is 18.6. The SMILES string of the molecule is CC(=O)Nc1ccc(S(=O)(=O)N2CCO[C@@H](Cc3ccccc3)C2)cc1. The van der Waals surface area contributed by atoms with E-state index in [1.165, 1.54) is 23.4 Å². The van der Waals surface area contributed by atoms with Crippen LogP contribution in [0, 0.1) is 0 Å². The van der Waals surface area contributed by atoms with Crippen molar-refractivity contribution < 1.29 is 17.9 Å². The number of rotatable bonds is 5. The number of morpholine rings is 1. The summed E-state index contributed by atoms with van der Waals surface area (Å²) in [5.74, 6) is -0.197. The van der Waals surface area contributed by atoms with Crippen LogP contribution >= 0.6 is 0 Å². The van der Waals surface area contributed by atoms with E-state index >= 15 is 0 Å². The summed E-state index contributed by atoms with van der Waals surface area (Å²) >= 11 is 0. The molecule has 1 atom stereocenters. The van der Waals surface area contributed by atoms with Gasteiger partial charge in [0.2, 0.25) is 15.9 Å². The van der Waals surface area contributed by atoms with Crippen LogP contribution in [0.4, 0.5) is 5.69 Å². The van der Waals surface area contributed by atoms with E-state index in [9.17, 15) is 13.2 Å². The number of nitrogens with zero attached hydrogens (tertiary/aromatic N) is 1. The van der Waals surface area contributed by atoms with Gasteiger partial charge in [-0.2, -0.15) is 4.31 Å². The Hall–Kier alpha value is -2.22. The molecule has 26 heavy (non-hydrogen) atoms. The Kier molecular flexibility index (Phi) is 5.70. The number of sulfonamides is 1. The van der Waals surface area contributed by atoms with E-state index < -0.39 is 10.0 Å². The van der Waals surface area contributed by atoms with Gasteiger partial charge >= 0.3 is 0 Å². The number of hydrogen-bond donors (Lipinski definition) is 1. The van der Waals surface area contributed by atoms with E-state index in [0.29, 0.717) is 31.8 Å². The quantitative estimate of drug-likeness (QED) is 0.871. The maximum atomic E-state index is 12.9. The minimum Gasteiger partial charge on any atom is -0.375 e.